The summed E-state index contributed by atoms with van der Waals surface area (Å²) in [5, 5.41) is 44.8. The van der Waals surface area contributed by atoms with Gasteiger partial charge in [0.05, 0.1) is 6.61 Å². The van der Waals surface area contributed by atoms with E-state index in [0.29, 0.717) is 0 Å². The van der Waals surface area contributed by atoms with Crippen molar-refractivity contribution < 1.29 is 25.6 Å². The molecular weight excluding hydrogens is 180 g/mol. The quantitative estimate of drug-likeness (QED) is 0.243. The van der Waals surface area contributed by atoms with E-state index in [-0.39, 0.29) is 5.84 Å². The molecule has 7 heteroatoms. The van der Waals surface area contributed by atoms with Crippen LogP contribution in [-0.2, 0) is 0 Å². The molecule has 0 radical (unpaired) electrons. The van der Waals surface area contributed by atoms with Gasteiger partial charge in [0.1, 0.15) is 24.4 Å². The van der Waals surface area contributed by atoms with E-state index in [1.54, 1.807) is 5.48 Å². The van der Waals surface area contributed by atoms with Crippen LogP contribution in [0.25, 0.3) is 0 Å². The van der Waals surface area contributed by atoms with E-state index in [1.807, 2.05) is 0 Å². The van der Waals surface area contributed by atoms with Crippen molar-refractivity contribution in [3.8, 4) is 0 Å². The topological polar surface area (TPSA) is 126 Å². The second-order valence-corrected chi connectivity index (χ2v) is 2.80. The van der Waals surface area contributed by atoms with Crippen molar-refractivity contribution in [1.29, 1.82) is 0 Å². The van der Waals surface area contributed by atoms with Gasteiger partial charge in [0, 0.05) is 0 Å². The van der Waals surface area contributed by atoms with Crippen LogP contribution in [0.1, 0.15) is 0 Å². The van der Waals surface area contributed by atoms with Crippen molar-refractivity contribution >= 4 is 5.84 Å². The van der Waals surface area contributed by atoms with Gasteiger partial charge in [0.2, 0.25) is 0 Å². The van der Waals surface area contributed by atoms with Gasteiger partial charge in [-0.05, 0) is 0 Å². The second kappa shape index (κ2) is 3.99. The first kappa shape index (κ1) is 10.4. The molecule has 0 aromatic rings. The van der Waals surface area contributed by atoms with Crippen molar-refractivity contribution in [2.45, 2.75) is 24.4 Å². The van der Waals surface area contributed by atoms with Crippen LogP contribution < -0.4 is 5.48 Å². The molecule has 0 aromatic heterocycles. The van der Waals surface area contributed by atoms with Crippen molar-refractivity contribution in [2.24, 2.45) is 4.99 Å². The Morgan fingerprint density at radius 3 is 2.31 bits per heavy atom. The van der Waals surface area contributed by atoms with Gasteiger partial charge in [-0.25, -0.2) is 0 Å². The van der Waals surface area contributed by atoms with Crippen LogP contribution in [0.2, 0.25) is 0 Å². The number of hydroxylamine groups is 1. The molecule has 13 heavy (non-hydrogen) atoms. The number of nitrogens with one attached hydrogen (secondary N) is 1. The van der Waals surface area contributed by atoms with E-state index in [2.05, 4.69) is 4.99 Å². The summed E-state index contributed by atoms with van der Waals surface area (Å²) in [6.07, 6.45) is -4.27. The van der Waals surface area contributed by atoms with Crippen molar-refractivity contribution in [3.05, 3.63) is 0 Å². The molecule has 0 fully saturated rings. The Bertz CT molecular complexity index is 209. The third kappa shape index (κ3) is 1.79. The monoisotopic (exact) mass is 192 g/mol. The number of hydrogen-bond acceptors (Lipinski definition) is 7. The Morgan fingerprint density at radius 2 is 1.85 bits per heavy atom. The summed E-state index contributed by atoms with van der Waals surface area (Å²) >= 11 is 0. The minimum absolute atomic E-state index is 0.267. The molecule has 0 bridgehead atoms. The van der Waals surface area contributed by atoms with Crippen LogP contribution in [-0.4, -0.2) is 62.4 Å². The summed E-state index contributed by atoms with van der Waals surface area (Å²) in [5.41, 5.74) is 1.59. The summed E-state index contributed by atoms with van der Waals surface area (Å²) < 4.78 is 0. The average molecular weight is 192 g/mol. The van der Waals surface area contributed by atoms with Crippen molar-refractivity contribution in [1.82, 2.24) is 5.48 Å². The van der Waals surface area contributed by atoms with Crippen molar-refractivity contribution in [2.75, 3.05) is 6.61 Å². The zero-order chi connectivity index (χ0) is 10.0. The predicted molar refractivity (Wildman–Crippen MR) is 41.3 cm³/mol. The minimum atomic E-state index is -1.47. The van der Waals surface area contributed by atoms with E-state index >= 15 is 0 Å². The number of hydrogen-bond donors (Lipinski definition) is 6. The molecule has 0 spiro atoms. The predicted octanol–water partition coefficient (Wildman–Crippen LogP) is -3.18. The first-order valence-corrected chi connectivity index (χ1v) is 3.74. The summed E-state index contributed by atoms with van der Waals surface area (Å²) in [7, 11) is 0. The summed E-state index contributed by atoms with van der Waals surface area (Å²) in [6.45, 7) is -0.476. The molecule has 7 nitrogen and oxygen atoms in total. The van der Waals surface area contributed by atoms with E-state index in [4.69, 9.17) is 10.3 Å². The number of aliphatic hydroxyl groups is 4. The first-order valence-electron chi connectivity index (χ1n) is 3.74. The number of amidine groups is 1. The maximum absolute atomic E-state index is 9.23. The van der Waals surface area contributed by atoms with Gasteiger partial charge in [-0.3, -0.25) is 15.7 Å². The number of nitrogens with zero attached hydrogens (tertiary/aromatic N) is 1. The van der Waals surface area contributed by atoms with Gasteiger partial charge >= 0.3 is 0 Å². The molecule has 0 aliphatic carbocycles. The third-order valence-electron chi connectivity index (χ3n) is 1.95. The molecule has 1 aliphatic rings. The van der Waals surface area contributed by atoms with Crippen LogP contribution in [0.5, 0.6) is 0 Å². The summed E-state index contributed by atoms with van der Waals surface area (Å²) in [6, 6.07) is -0.937. The Labute approximate surface area is 73.9 Å². The van der Waals surface area contributed by atoms with Gasteiger partial charge in [-0.1, -0.05) is 0 Å². The lowest BCUT2D eigenvalue weighted by Gasteiger charge is -2.31. The minimum Gasteiger partial charge on any atom is -0.394 e. The molecule has 0 aromatic carbocycles. The van der Waals surface area contributed by atoms with Gasteiger partial charge in [0.15, 0.2) is 5.84 Å². The first-order chi connectivity index (χ1) is 6.11. The summed E-state index contributed by atoms with van der Waals surface area (Å²) in [5.74, 6) is -0.267. The molecule has 1 aliphatic heterocycles. The van der Waals surface area contributed by atoms with Crippen LogP contribution in [0.4, 0.5) is 0 Å². The Morgan fingerprint density at radius 1 is 1.23 bits per heavy atom. The number of aliphatic hydroxyl groups excluding tert-OH is 4. The Hall–Kier alpha value is -0.730. The third-order valence-corrected chi connectivity index (χ3v) is 1.95. The van der Waals surface area contributed by atoms with E-state index in [1.165, 1.54) is 0 Å². The van der Waals surface area contributed by atoms with E-state index < -0.39 is 31.0 Å². The highest BCUT2D eigenvalue weighted by Crippen LogP contribution is 2.14. The van der Waals surface area contributed by atoms with Gasteiger partial charge < -0.3 is 20.4 Å². The van der Waals surface area contributed by atoms with Crippen molar-refractivity contribution in [3.63, 3.8) is 0 Å². The lowest BCUT2D eigenvalue weighted by atomic mass is 9.97. The molecule has 0 saturated heterocycles. The molecule has 6 N–H and O–H groups in total. The normalized spacial score (nSPS) is 39.9. The maximum atomic E-state index is 9.23. The standard InChI is InChI=1S/C6H12N2O5/c9-1-2-3(10)4(11)5(12)6(7-2)8-13/h2-5,9-13H,1H2,(H,7,8)/t2-,3-,4+,5-/m0/s1. The highest BCUT2D eigenvalue weighted by Gasteiger charge is 2.38. The molecule has 76 valence electrons. The molecule has 0 saturated carbocycles. The van der Waals surface area contributed by atoms with Crippen LogP contribution >= 0.6 is 0 Å². The molecular formula is C6H12N2O5. The second-order valence-electron chi connectivity index (χ2n) is 2.80. The van der Waals surface area contributed by atoms with E-state index in [9.17, 15) is 15.3 Å². The SMILES string of the molecule is OC[C@@H]1N=C(NO)[C@@H](O)[C@H](O)[C@H]1O. The van der Waals surface area contributed by atoms with Gasteiger partial charge in [-0.15, -0.1) is 0 Å². The fourth-order valence-electron chi connectivity index (χ4n) is 1.15. The Balaban J connectivity index is 2.86. The smallest absolute Gasteiger partial charge is 0.153 e. The number of aliphatic imine (C=N–C) groups is 1. The lowest BCUT2D eigenvalue weighted by molar-refractivity contribution is -0.0622. The van der Waals surface area contributed by atoms with Gasteiger partial charge in [0.25, 0.3) is 0 Å². The molecule has 1 heterocycles. The van der Waals surface area contributed by atoms with Gasteiger partial charge in [-0.2, -0.15) is 0 Å². The van der Waals surface area contributed by atoms with Crippen LogP contribution in [0, 0.1) is 0 Å². The molecule has 0 unspecified atom stereocenters. The highest BCUT2D eigenvalue weighted by molar-refractivity contribution is 5.87. The number of rotatable bonds is 1. The fraction of sp³-hybridized carbons (Fsp3) is 0.833. The Kier molecular flexibility index (Phi) is 3.17. The zero-order valence-electron chi connectivity index (χ0n) is 6.70. The molecule has 1 rings (SSSR count). The zero-order valence-corrected chi connectivity index (χ0v) is 6.70. The van der Waals surface area contributed by atoms with E-state index in [0.717, 1.165) is 0 Å². The summed E-state index contributed by atoms with van der Waals surface area (Å²) in [4.78, 5) is 3.58. The van der Waals surface area contributed by atoms with Crippen LogP contribution in [0.3, 0.4) is 0 Å². The highest BCUT2D eigenvalue weighted by atomic mass is 16.5. The molecule has 0 amide bonds. The lowest BCUT2D eigenvalue weighted by Crippen LogP contribution is -2.55. The maximum Gasteiger partial charge on any atom is 0.153 e. The average Bonchev–Trinajstić information content (AvgIpc) is 2.15. The van der Waals surface area contributed by atoms with Crippen LogP contribution in [0.15, 0.2) is 4.99 Å². The molecule has 4 atom stereocenters. The fourth-order valence-corrected chi connectivity index (χ4v) is 1.15. The largest absolute Gasteiger partial charge is 0.394 e.